The molecule has 0 saturated heterocycles. The van der Waals surface area contributed by atoms with Crippen LogP contribution in [-0.2, 0) is 13.1 Å². The van der Waals surface area contributed by atoms with Gasteiger partial charge in [0.05, 0.1) is 5.39 Å². The van der Waals surface area contributed by atoms with Crippen LogP contribution in [0, 0.1) is 0 Å². The van der Waals surface area contributed by atoms with Gasteiger partial charge in [-0.2, -0.15) is 0 Å². The minimum Gasteiger partial charge on any atom is -0.346 e. The monoisotopic (exact) mass is 378 g/mol. The number of carbonyl (C=O) groups excluding carboxylic acids is 1. The second kappa shape index (κ2) is 7.42. The third-order valence-corrected chi connectivity index (χ3v) is 4.78. The molecule has 9 heteroatoms. The summed E-state index contributed by atoms with van der Waals surface area (Å²) >= 11 is 1.12. The number of hydrogen-bond donors (Lipinski definition) is 1. The molecule has 0 aliphatic heterocycles. The lowest BCUT2D eigenvalue weighted by atomic mass is 10.2. The summed E-state index contributed by atoms with van der Waals surface area (Å²) in [6.45, 7) is 0.518. The molecule has 134 valence electrons. The van der Waals surface area contributed by atoms with Crippen LogP contribution in [0.4, 0.5) is 0 Å². The second-order valence-corrected chi connectivity index (χ2v) is 6.80. The fraction of sp³-hybridized carbons (Fsp3) is 0.111. The lowest BCUT2D eigenvalue weighted by Crippen LogP contribution is -2.24. The number of nitrogens with zero attached hydrogens (tertiary/aromatic N) is 5. The van der Waals surface area contributed by atoms with Crippen molar-refractivity contribution in [1.82, 2.24) is 30.5 Å². The van der Waals surface area contributed by atoms with E-state index in [1.807, 2.05) is 30.3 Å². The SMILES string of the molecule is O=C(NCc1ccccc1)c1nnc(Cn2nnc3ccccc3c2=O)s1. The van der Waals surface area contributed by atoms with Crippen molar-refractivity contribution < 1.29 is 4.79 Å². The zero-order chi connectivity index (χ0) is 18.6. The first-order valence-corrected chi connectivity index (χ1v) is 8.99. The Balaban J connectivity index is 1.47. The molecule has 8 nitrogen and oxygen atoms in total. The largest absolute Gasteiger partial charge is 0.346 e. The summed E-state index contributed by atoms with van der Waals surface area (Å²) in [5, 5.41) is 19.9. The van der Waals surface area contributed by atoms with Crippen LogP contribution in [0.5, 0.6) is 0 Å². The van der Waals surface area contributed by atoms with Crippen LogP contribution in [-0.4, -0.2) is 31.1 Å². The number of amides is 1. The predicted octanol–water partition coefficient (Wildman–Crippen LogP) is 1.62. The summed E-state index contributed by atoms with van der Waals surface area (Å²) in [6, 6.07) is 16.6. The van der Waals surface area contributed by atoms with Crippen molar-refractivity contribution in [3.05, 3.63) is 80.5 Å². The topological polar surface area (TPSA) is 103 Å². The van der Waals surface area contributed by atoms with Crippen molar-refractivity contribution in [2.45, 2.75) is 13.1 Å². The van der Waals surface area contributed by atoms with Crippen molar-refractivity contribution in [2.24, 2.45) is 0 Å². The molecular weight excluding hydrogens is 364 g/mol. The Hall–Kier alpha value is -3.46. The molecule has 0 aliphatic rings. The van der Waals surface area contributed by atoms with Crippen LogP contribution < -0.4 is 10.9 Å². The second-order valence-electron chi connectivity index (χ2n) is 5.74. The van der Waals surface area contributed by atoms with E-state index in [0.717, 1.165) is 16.9 Å². The third-order valence-electron chi connectivity index (χ3n) is 3.87. The maximum Gasteiger partial charge on any atom is 0.282 e. The fourth-order valence-corrected chi connectivity index (χ4v) is 3.26. The molecule has 4 rings (SSSR count). The van der Waals surface area contributed by atoms with Gasteiger partial charge in [-0.25, -0.2) is 4.68 Å². The van der Waals surface area contributed by atoms with Crippen molar-refractivity contribution in [3.63, 3.8) is 0 Å². The summed E-state index contributed by atoms with van der Waals surface area (Å²) < 4.78 is 1.22. The highest BCUT2D eigenvalue weighted by atomic mass is 32.1. The van der Waals surface area contributed by atoms with Gasteiger partial charge in [0.25, 0.3) is 11.5 Å². The molecule has 2 aromatic carbocycles. The van der Waals surface area contributed by atoms with Gasteiger partial charge in [-0.3, -0.25) is 9.59 Å². The highest BCUT2D eigenvalue weighted by molar-refractivity contribution is 7.13. The van der Waals surface area contributed by atoms with Crippen molar-refractivity contribution >= 4 is 28.1 Å². The fourth-order valence-electron chi connectivity index (χ4n) is 2.52. The Kier molecular flexibility index (Phi) is 4.67. The van der Waals surface area contributed by atoms with E-state index in [2.05, 4.69) is 25.8 Å². The molecule has 0 spiro atoms. The average molecular weight is 378 g/mol. The number of benzene rings is 2. The van der Waals surface area contributed by atoms with E-state index in [1.165, 1.54) is 4.68 Å². The van der Waals surface area contributed by atoms with Gasteiger partial charge in [0, 0.05) is 6.54 Å². The molecule has 1 N–H and O–H groups in total. The van der Waals surface area contributed by atoms with Crippen LogP contribution >= 0.6 is 11.3 Å². The Morgan fingerprint density at radius 1 is 1.00 bits per heavy atom. The van der Waals surface area contributed by atoms with E-state index in [-0.39, 0.29) is 23.0 Å². The molecule has 4 aromatic rings. The van der Waals surface area contributed by atoms with E-state index in [0.29, 0.717) is 22.5 Å². The smallest absolute Gasteiger partial charge is 0.282 e. The molecule has 0 unspecified atom stereocenters. The third kappa shape index (κ3) is 3.72. The van der Waals surface area contributed by atoms with Crippen LogP contribution in [0.15, 0.2) is 59.4 Å². The lowest BCUT2D eigenvalue weighted by molar-refractivity contribution is 0.0950. The molecule has 27 heavy (non-hydrogen) atoms. The molecule has 1 amide bonds. The quantitative estimate of drug-likeness (QED) is 0.566. The Morgan fingerprint density at radius 3 is 2.63 bits per heavy atom. The maximum atomic E-state index is 12.5. The summed E-state index contributed by atoms with van der Waals surface area (Å²) in [6.07, 6.45) is 0. The molecule has 0 atom stereocenters. The van der Waals surface area contributed by atoms with Crippen LogP contribution in [0.3, 0.4) is 0 Å². The van der Waals surface area contributed by atoms with Crippen LogP contribution in [0.2, 0.25) is 0 Å². The van der Waals surface area contributed by atoms with Gasteiger partial charge < -0.3 is 5.32 Å². The molecule has 2 heterocycles. The van der Waals surface area contributed by atoms with E-state index in [9.17, 15) is 9.59 Å². The summed E-state index contributed by atoms with van der Waals surface area (Å²) in [7, 11) is 0. The molecule has 0 saturated carbocycles. The number of hydrogen-bond acceptors (Lipinski definition) is 7. The van der Waals surface area contributed by atoms with Gasteiger partial charge in [0.15, 0.2) is 0 Å². The van der Waals surface area contributed by atoms with Crippen molar-refractivity contribution in [3.8, 4) is 0 Å². The van der Waals surface area contributed by atoms with E-state index in [1.54, 1.807) is 24.3 Å². The molecule has 2 aromatic heterocycles. The first-order valence-electron chi connectivity index (χ1n) is 8.18. The van der Waals surface area contributed by atoms with E-state index >= 15 is 0 Å². The van der Waals surface area contributed by atoms with Gasteiger partial charge in [-0.15, -0.1) is 15.3 Å². The zero-order valence-electron chi connectivity index (χ0n) is 14.1. The van der Waals surface area contributed by atoms with E-state index < -0.39 is 0 Å². The summed E-state index contributed by atoms with van der Waals surface area (Å²) in [5.41, 5.74) is 1.27. The van der Waals surface area contributed by atoms with Crippen molar-refractivity contribution in [1.29, 1.82) is 0 Å². The lowest BCUT2D eigenvalue weighted by Gasteiger charge is -2.02. The van der Waals surface area contributed by atoms with Gasteiger partial charge in [-0.05, 0) is 17.7 Å². The molecule has 0 fully saturated rings. The number of fused-ring (bicyclic) bond motifs is 1. The first-order chi connectivity index (χ1) is 13.2. The molecule has 0 bridgehead atoms. The summed E-state index contributed by atoms with van der Waals surface area (Å²) in [5.74, 6) is -0.306. The number of nitrogens with one attached hydrogen (secondary N) is 1. The van der Waals surface area contributed by atoms with E-state index in [4.69, 9.17) is 0 Å². The average Bonchev–Trinajstić information content (AvgIpc) is 3.18. The maximum absolute atomic E-state index is 12.5. The normalized spacial score (nSPS) is 10.8. The van der Waals surface area contributed by atoms with Gasteiger partial charge in [-0.1, -0.05) is 59.0 Å². The molecular formula is C18H14N6O2S. The Morgan fingerprint density at radius 2 is 1.78 bits per heavy atom. The predicted molar refractivity (Wildman–Crippen MR) is 100 cm³/mol. The first kappa shape index (κ1) is 17.0. The molecule has 0 aliphatic carbocycles. The van der Waals surface area contributed by atoms with Crippen LogP contribution in [0.25, 0.3) is 10.9 Å². The van der Waals surface area contributed by atoms with Gasteiger partial charge in [0.2, 0.25) is 5.01 Å². The highest BCUT2D eigenvalue weighted by Crippen LogP contribution is 2.11. The van der Waals surface area contributed by atoms with Gasteiger partial charge in [0.1, 0.15) is 17.1 Å². The minimum absolute atomic E-state index is 0.111. The highest BCUT2D eigenvalue weighted by Gasteiger charge is 2.14. The number of aromatic nitrogens is 5. The van der Waals surface area contributed by atoms with Gasteiger partial charge >= 0.3 is 0 Å². The minimum atomic E-state index is -0.306. The Bertz CT molecular complexity index is 1160. The van der Waals surface area contributed by atoms with Crippen molar-refractivity contribution in [2.75, 3.05) is 0 Å². The molecule has 0 radical (unpaired) electrons. The zero-order valence-corrected chi connectivity index (χ0v) is 14.9. The number of rotatable bonds is 5. The summed E-state index contributed by atoms with van der Waals surface area (Å²) in [4.78, 5) is 24.7. The standard InChI is InChI=1S/C18H14N6O2S/c25-16(19-10-12-6-2-1-3-7-12)17-22-21-15(27-17)11-24-18(26)13-8-4-5-9-14(13)20-23-24/h1-9H,10-11H2,(H,19,25). The number of carbonyl (C=O) groups is 1. The van der Waals surface area contributed by atoms with Crippen LogP contribution in [0.1, 0.15) is 20.4 Å². The Labute approximate surface area is 157 Å².